The van der Waals surface area contributed by atoms with Crippen molar-refractivity contribution in [1.29, 1.82) is 0 Å². The Labute approximate surface area is 108 Å². The molecule has 1 aliphatic heterocycles. The quantitative estimate of drug-likeness (QED) is 0.862. The van der Waals surface area contributed by atoms with Crippen LogP contribution in [0.3, 0.4) is 0 Å². The van der Waals surface area contributed by atoms with Crippen molar-refractivity contribution in [2.75, 3.05) is 23.3 Å². The van der Waals surface area contributed by atoms with Crippen molar-refractivity contribution in [2.45, 2.75) is 18.6 Å². The van der Waals surface area contributed by atoms with Gasteiger partial charge in [0.25, 0.3) is 0 Å². The third kappa shape index (κ3) is 3.37. The Morgan fingerprint density at radius 2 is 2.05 bits per heavy atom. The molecule has 1 amide bonds. The van der Waals surface area contributed by atoms with E-state index in [1.807, 2.05) is 0 Å². The predicted molar refractivity (Wildman–Crippen MR) is 65.9 cm³/mol. The fourth-order valence-electron chi connectivity index (χ4n) is 1.97. The highest BCUT2D eigenvalue weighted by atomic mass is 19.4. The molecule has 0 bridgehead atoms. The summed E-state index contributed by atoms with van der Waals surface area (Å²) in [5.41, 5.74) is 6.70. The van der Waals surface area contributed by atoms with Crippen molar-refractivity contribution in [2.24, 2.45) is 5.73 Å². The number of hydrogen-bond acceptors (Lipinski definition) is 3. The van der Waals surface area contributed by atoms with E-state index >= 15 is 0 Å². The molecule has 4 nitrogen and oxygen atoms in total. The molecular formula is C12H14F3N3O. The molecular weight excluding hydrogens is 259 g/mol. The van der Waals surface area contributed by atoms with E-state index in [1.165, 1.54) is 4.90 Å². The zero-order chi connectivity index (χ0) is 14.0. The second kappa shape index (κ2) is 5.08. The van der Waals surface area contributed by atoms with Crippen molar-refractivity contribution in [3.63, 3.8) is 0 Å². The minimum Gasteiger partial charge on any atom is -0.367 e. The molecule has 0 fully saturated rings. The summed E-state index contributed by atoms with van der Waals surface area (Å²) in [4.78, 5) is 13.1. The Hall–Kier alpha value is -1.76. The molecule has 0 aliphatic carbocycles. The number of nitrogens with one attached hydrogen (secondary N) is 1. The maximum atomic E-state index is 12.3. The maximum absolute atomic E-state index is 12.3. The number of benzene rings is 1. The van der Waals surface area contributed by atoms with Crippen LogP contribution in [0, 0.1) is 0 Å². The lowest BCUT2D eigenvalue weighted by atomic mass is 10.2. The van der Waals surface area contributed by atoms with Gasteiger partial charge in [0.2, 0.25) is 5.91 Å². The summed E-state index contributed by atoms with van der Waals surface area (Å²) in [6.07, 6.45) is -5.18. The van der Waals surface area contributed by atoms with Gasteiger partial charge in [-0.3, -0.25) is 4.79 Å². The molecule has 0 radical (unpaired) electrons. The summed E-state index contributed by atoms with van der Waals surface area (Å²) < 4.78 is 37.0. The predicted octanol–water partition coefficient (Wildman–Crippen LogP) is 1.72. The van der Waals surface area contributed by atoms with Crippen LogP contribution in [0.25, 0.3) is 0 Å². The van der Waals surface area contributed by atoms with Crippen LogP contribution in [0.1, 0.15) is 6.42 Å². The van der Waals surface area contributed by atoms with E-state index in [0.29, 0.717) is 11.4 Å². The van der Waals surface area contributed by atoms with Gasteiger partial charge in [-0.1, -0.05) is 12.1 Å². The van der Waals surface area contributed by atoms with Gasteiger partial charge < -0.3 is 16.0 Å². The Bertz CT molecular complexity index is 476. The van der Waals surface area contributed by atoms with Crippen molar-refractivity contribution >= 4 is 17.3 Å². The molecule has 1 aromatic rings. The van der Waals surface area contributed by atoms with Crippen molar-refractivity contribution in [3.05, 3.63) is 24.3 Å². The number of anilines is 2. The number of carbonyl (C=O) groups is 1. The molecule has 7 heteroatoms. The van der Waals surface area contributed by atoms with Gasteiger partial charge in [0.05, 0.1) is 17.8 Å². The van der Waals surface area contributed by atoms with Crippen molar-refractivity contribution < 1.29 is 18.0 Å². The first kappa shape index (κ1) is 13.7. The van der Waals surface area contributed by atoms with E-state index in [4.69, 9.17) is 5.73 Å². The first-order valence-electron chi connectivity index (χ1n) is 5.84. The Balaban J connectivity index is 2.24. The summed E-state index contributed by atoms with van der Waals surface area (Å²) in [5.74, 6) is -0.387. The van der Waals surface area contributed by atoms with E-state index in [0.717, 1.165) is 0 Å². The molecule has 2 rings (SSSR count). The minimum absolute atomic E-state index is 0.0684. The molecule has 19 heavy (non-hydrogen) atoms. The van der Waals surface area contributed by atoms with Crippen LogP contribution in [0.15, 0.2) is 24.3 Å². The Morgan fingerprint density at radius 3 is 2.74 bits per heavy atom. The number of nitrogens with zero attached hydrogens (tertiary/aromatic N) is 1. The molecule has 104 valence electrons. The SMILES string of the molecule is NC1CN(CCC(F)(F)F)c2ccccc2NC1=O. The number of carbonyl (C=O) groups excluding carboxylic acids is 1. The lowest BCUT2D eigenvalue weighted by molar-refractivity contribution is -0.132. The highest BCUT2D eigenvalue weighted by molar-refractivity contribution is 5.99. The van der Waals surface area contributed by atoms with Crippen molar-refractivity contribution in [1.82, 2.24) is 0 Å². The summed E-state index contributed by atoms with van der Waals surface area (Å²) in [7, 11) is 0. The lowest BCUT2D eigenvalue weighted by Gasteiger charge is -2.25. The van der Waals surface area contributed by atoms with Crippen molar-refractivity contribution in [3.8, 4) is 0 Å². The van der Waals surface area contributed by atoms with Gasteiger partial charge in [-0.05, 0) is 12.1 Å². The van der Waals surface area contributed by atoms with Crippen LogP contribution in [-0.2, 0) is 4.79 Å². The molecule has 1 atom stereocenters. The van der Waals surface area contributed by atoms with Gasteiger partial charge in [0, 0.05) is 13.1 Å². The molecule has 0 saturated heterocycles. The fraction of sp³-hybridized carbons (Fsp3) is 0.417. The first-order chi connectivity index (χ1) is 8.87. The smallest absolute Gasteiger partial charge is 0.367 e. The third-order valence-electron chi connectivity index (χ3n) is 2.92. The highest BCUT2D eigenvalue weighted by Crippen LogP contribution is 2.30. The normalized spacial score (nSPS) is 19.7. The van der Waals surface area contributed by atoms with E-state index in [1.54, 1.807) is 24.3 Å². The maximum Gasteiger partial charge on any atom is 0.390 e. The molecule has 0 saturated carbocycles. The number of rotatable bonds is 2. The van der Waals surface area contributed by atoms with Gasteiger partial charge in [0.15, 0.2) is 0 Å². The second-order valence-corrected chi connectivity index (χ2v) is 4.42. The van der Waals surface area contributed by atoms with E-state index < -0.39 is 18.6 Å². The van der Waals surface area contributed by atoms with Gasteiger partial charge in [-0.25, -0.2) is 0 Å². The summed E-state index contributed by atoms with van der Waals surface area (Å²) >= 11 is 0. The topological polar surface area (TPSA) is 58.4 Å². The van der Waals surface area contributed by atoms with E-state index in [-0.39, 0.29) is 19.0 Å². The number of alkyl halides is 3. The Kier molecular flexibility index (Phi) is 3.66. The lowest BCUT2D eigenvalue weighted by Crippen LogP contribution is -2.43. The second-order valence-electron chi connectivity index (χ2n) is 4.42. The standard InChI is InChI=1S/C12H14F3N3O/c13-12(14,15)5-6-18-7-8(16)11(19)17-9-3-1-2-4-10(9)18/h1-4,8H,5-7,16H2,(H,17,19). The number of hydrogen-bond donors (Lipinski definition) is 2. The highest BCUT2D eigenvalue weighted by Gasteiger charge is 2.31. The number of halogens is 3. The molecule has 1 unspecified atom stereocenters. The third-order valence-corrected chi connectivity index (χ3v) is 2.92. The zero-order valence-electron chi connectivity index (χ0n) is 10.1. The fourth-order valence-corrected chi connectivity index (χ4v) is 1.97. The monoisotopic (exact) mass is 273 g/mol. The van der Waals surface area contributed by atoms with E-state index in [9.17, 15) is 18.0 Å². The van der Waals surface area contributed by atoms with Crippen LogP contribution in [0.5, 0.6) is 0 Å². The zero-order valence-corrected chi connectivity index (χ0v) is 10.1. The average Bonchev–Trinajstić information content (AvgIpc) is 2.44. The van der Waals surface area contributed by atoms with E-state index in [2.05, 4.69) is 5.32 Å². The molecule has 0 spiro atoms. The van der Waals surface area contributed by atoms with Gasteiger partial charge in [0.1, 0.15) is 6.04 Å². The largest absolute Gasteiger partial charge is 0.390 e. The molecule has 1 heterocycles. The molecule has 3 N–H and O–H groups in total. The number of para-hydroxylation sites is 2. The summed E-state index contributed by atoms with van der Waals surface area (Å²) in [5, 5.41) is 2.61. The first-order valence-corrected chi connectivity index (χ1v) is 5.84. The van der Waals surface area contributed by atoms with Crippen LogP contribution < -0.4 is 16.0 Å². The molecule has 1 aliphatic rings. The molecule has 1 aromatic carbocycles. The molecule has 0 aromatic heterocycles. The average molecular weight is 273 g/mol. The Morgan fingerprint density at radius 1 is 1.37 bits per heavy atom. The van der Waals surface area contributed by atoms with Gasteiger partial charge >= 0.3 is 6.18 Å². The van der Waals surface area contributed by atoms with Crippen LogP contribution in [0.2, 0.25) is 0 Å². The summed E-state index contributed by atoms with van der Waals surface area (Å²) in [6.45, 7) is -0.151. The van der Waals surface area contributed by atoms with Gasteiger partial charge in [-0.2, -0.15) is 13.2 Å². The summed E-state index contributed by atoms with van der Waals surface area (Å²) in [6, 6.07) is 5.89. The number of nitrogens with two attached hydrogens (primary N) is 1. The van der Waals surface area contributed by atoms with Crippen LogP contribution in [0.4, 0.5) is 24.5 Å². The number of fused-ring (bicyclic) bond motifs is 1. The minimum atomic E-state index is -4.23. The van der Waals surface area contributed by atoms with Gasteiger partial charge in [-0.15, -0.1) is 0 Å². The van der Waals surface area contributed by atoms with Crippen LogP contribution in [-0.4, -0.2) is 31.2 Å². The number of amides is 1. The van der Waals surface area contributed by atoms with Crippen LogP contribution >= 0.6 is 0 Å².